The number of nitrogens with zero attached hydrogens (tertiary/aromatic N) is 4. The van der Waals surface area contributed by atoms with E-state index in [1.165, 1.54) is 11.1 Å². The van der Waals surface area contributed by atoms with Crippen LogP contribution >= 0.6 is 0 Å². The summed E-state index contributed by atoms with van der Waals surface area (Å²) in [5.41, 5.74) is 5.75. The molecule has 25 heavy (non-hydrogen) atoms. The first kappa shape index (κ1) is 17.4. The van der Waals surface area contributed by atoms with Gasteiger partial charge in [0, 0.05) is 30.2 Å². The molecule has 0 unspecified atom stereocenters. The van der Waals surface area contributed by atoms with Crippen molar-refractivity contribution in [3.8, 4) is 5.69 Å². The van der Waals surface area contributed by atoms with Gasteiger partial charge in [-0.05, 0) is 50.6 Å². The maximum Gasteiger partial charge on any atom is 0.0645 e. The standard InChI is InChI=1S/C19H25N5O/c1-15-19(16(2)23(22-15)12-13-25)14-20-10-8-17-4-6-18(7-5-17)24-11-3-9-21-24/h3-7,9,11,20,25H,8,10,12-14H2,1-2H3. The summed E-state index contributed by atoms with van der Waals surface area (Å²) in [5, 5.41) is 21.3. The van der Waals surface area contributed by atoms with Gasteiger partial charge in [0.25, 0.3) is 0 Å². The number of hydrogen-bond donors (Lipinski definition) is 2. The minimum atomic E-state index is 0.114. The fourth-order valence-electron chi connectivity index (χ4n) is 2.99. The lowest BCUT2D eigenvalue weighted by Crippen LogP contribution is -2.17. The Morgan fingerprint density at radius 1 is 1.16 bits per heavy atom. The molecule has 2 N–H and O–H groups in total. The van der Waals surface area contributed by atoms with Gasteiger partial charge < -0.3 is 10.4 Å². The van der Waals surface area contributed by atoms with Crippen molar-refractivity contribution in [2.45, 2.75) is 33.4 Å². The van der Waals surface area contributed by atoms with Crippen LogP contribution in [0.1, 0.15) is 22.5 Å². The zero-order valence-corrected chi connectivity index (χ0v) is 14.8. The maximum absolute atomic E-state index is 9.08. The van der Waals surface area contributed by atoms with Crippen molar-refractivity contribution >= 4 is 0 Å². The van der Waals surface area contributed by atoms with E-state index in [9.17, 15) is 0 Å². The number of rotatable bonds is 8. The van der Waals surface area contributed by atoms with E-state index in [2.05, 4.69) is 46.7 Å². The maximum atomic E-state index is 9.08. The second-order valence-corrected chi connectivity index (χ2v) is 6.14. The van der Waals surface area contributed by atoms with Crippen molar-refractivity contribution in [3.05, 3.63) is 65.2 Å². The molecule has 132 valence electrons. The van der Waals surface area contributed by atoms with E-state index in [1.54, 1.807) is 6.20 Å². The Balaban J connectivity index is 1.50. The van der Waals surface area contributed by atoms with Gasteiger partial charge >= 0.3 is 0 Å². The highest BCUT2D eigenvalue weighted by molar-refractivity contribution is 5.33. The van der Waals surface area contributed by atoms with Gasteiger partial charge in [-0.15, -0.1) is 0 Å². The topological polar surface area (TPSA) is 67.9 Å². The first-order valence-electron chi connectivity index (χ1n) is 8.62. The van der Waals surface area contributed by atoms with Gasteiger partial charge in [0.1, 0.15) is 0 Å². The van der Waals surface area contributed by atoms with Crippen LogP contribution in [0.25, 0.3) is 5.69 Å². The Hall–Kier alpha value is -2.44. The molecule has 1 aromatic carbocycles. The van der Waals surface area contributed by atoms with E-state index < -0.39 is 0 Å². The fraction of sp³-hybridized carbons (Fsp3) is 0.368. The molecule has 0 saturated carbocycles. The second-order valence-electron chi connectivity index (χ2n) is 6.14. The number of aliphatic hydroxyl groups excluding tert-OH is 1. The van der Waals surface area contributed by atoms with Crippen LogP contribution in [-0.4, -0.2) is 37.8 Å². The van der Waals surface area contributed by atoms with Gasteiger partial charge in [-0.3, -0.25) is 4.68 Å². The first-order valence-corrected chi connectivity index (χ1v) is 8.62. The summed E-state index contributed by atoms with van der Waals surface area (Å²) in [6.45, 7) is 6.45. The third-order valence-corrected chi connectivity index (χ3v) is 4.44. The Morgan fingerprint density at radius 2 is 1.96 bits per heavy atom. The van der Waals surface area contributed by atoms with Crippen LogP contribution in [0.2, 0.25) is 0 Å². The van der Waals surface area contributed by atoms with Crippen LogP contribution in [0.15, 0.2) is 42.7 Å². The Labute approximate surface area is 148 Å². The molecule has 0 fully saturated rings. The molecule has 0 atom stereocenters. The molecule has 0 saturated heterocycles. The highest BCUT2D eigenvalue weighted by Crippen LogP contribution is 2.13. The van der Waals surface area contributed by atoms with E-state index >= 15 is 0 Å². The van der Waals surface area contributed by atoms with Gasteiger partial charge in [-0.2, -0.15) is 10.2 Å². The fourth-order valence-corrected chi connectivity index (χ4v) is 2.99. The van der Waals surface area contributed by atoms with Gasteiger partial charge in [0.05, 0.1) is 24.5 Å². The molecule has 3 rings (SSSR count). The Kier molecular flexibility index (Phi) is 5.63. The van der Waals surface area contributed by atoms with Crippen molar-refractivity contribution in [3.63, 3.8) is 0 Å². The Bertz CT molecular complexity index is 790. The summed E-state index contributed by atoms with van der Waals surface area (Å²) >= 11 is 0. The molecule has 2 aromatic heterocycles. The number of hydrogen-bond acceptors (Lipinski definition) is 4. The predicted octanol–water partition coefficient (Wildman–Crippen LogP) is 2.01. The van der Waals surface area contributed by atoms with E-state index in [-0.39, 0.29) is 6.61 Å². The van der Waals surface area contributed by atoms with Crippen LogP contribution in [0.5, 0.6) is 0 Å². The summed E-state index contributed by atoms with van der Waals surface area (Å²) in [6, 6.07) is 10.4. The van der Waals surface area contributed by atoms with Crippen molar-refractivity contribution in [1.82, 2.24) is 24.9 Å². The molecule has 3 aromatic rings. The molecular weight excluding hydrogens is 314 g/mol. The van der Waals surface area contributed by atoms with Crippen LogP contribution in [0.4, 0.5) is 0 Å². The van der Waals surface area contributed by atoms with Crippen LogP contribution in [0, 0.1) is 13.8 Å². The molecule has 0 aliphatic heterocycles. The van der Waals surface area contributed by atoms with Crippen molar-refractivity contribution in [2.75, 3.05) is 13.2 Å². The van der Waals surface area contributed by atoms with E-state index in [0.717, 1.165) is 36.6 Å². The summed E-state index contributed by atoms with van der Waals surface area (Å²) in [6.07, 6.45) is 4.70. The number of nitrogens with one attached hydrogen (secondary N) is 1. The molecule has 2 heterocycles. The SMILES string of the molecule is Cc1nn(CCO)c(C)c1CNCCc1ccc(-n2cccn2)cc1. The van der Waals surface area contributed by atoms with Gasteiger partial charge in [-0.25, -0.2) is 4.68 Å². The smallest absolute Gasteiger partial charge is 0.0645 e. The third-order valence-electron chi connectivity index (χ3n) is 4.44. The lowest BCUT2D eigenvalue weighted by atomic mass is 10.1. The normalized spacial score (nSPS) is 11.2. The number of aryl methyl sites for hydroxylation is 1. The van der Waals surface area contributed by atoms with Crippen molar-refractivity contribution < 1.29 is 5.11 Å². The lowest BCUT2D eigenvalue weighted by molar-refractivity contribution is 0.267. The number of aliphatic hydroxyl groups is 1. The van der Waals surface area contributed by atoms with Crippen molar-refractivity contribution in [1.29, 1.82) is 0 Å². The quantitative estimate of drug-likeness (QED) is 0.616. The Morgan fingerprint density at radius 3 is 2.64 bits per heavy atom. The molecule has 0 bridgehead atoms. The summed E-state index contributed by atoms with van der Waals surface area (Å²) < 4.78 is 3.73. The highest BCUT2D eigenvalue weighted by atomic mass is 16.3. The van der Waals surface area contributed by atoms with Crippen LogP contribution < -0.4 is 5.32 Å². The highest BCUT2D eigenvalue weighted by Gasteiger charge is 2.10. The summed E-state index contributed by atoms with van der Waals surface area (Å²) in [4.78, 5) is 0. The average molecular weight is 339 g/mol. The summed E-state index contributed by atoms with van der Waals surface area (Å²) in [5.74, 6) is 0. The molecule has 0 aliphatic carbocycles. The van der Waals surface area contributed by atoms with Crippen LogP contribution in [0.3, 0.4) is 0 Å². The third kappa shape index (κ3) is 4.15. The largest absolute Gasteiger partial charge is 0.394 e. The molecule has 0 spiro atoms. The summed E-state index contributed by atoms with van der Waals surface area (Å²) in [7, 11) is 0. The van der Waals surface area contributed by atoms with Gasteiger partial charge in [-0.1, -0.05) is 12.1 Å². The van der Waals surface area contributed by atoms with Crippen molar-refractivity contribution in [2.24, 2.45) is 0 Å². The molecule has 6 nitrogen and oxygen atoms in total. The average Bonchev–Trinajstić information content (AvgIpc) is 3.23. The van der Waals surface area contributed by atoms with Gasteiger partial charge in [0.15, 0.2) is 0 Å². The molecule has 0 aliphatic rings. The van der Waals surface area contributed by atoms with Crippen LogP contribution in [-0.2, 0) is 19.5 Å². The zero-order valence-electron chi connectivity index (χ0n) is 14.8. The lowest BCUT2D eigenvalue weighted by Gasteiger charge is -2.07. The van der Waals surface area contributed by atoms with E-state index in [4.69, 9.17) is 5.11 Å². The minimum absolute atomic E-state index is 0.114. The predicted molar refractivity (Wildman–Crippen MR) is 97.8 cm³/mol. The minimum Gasteiger partial charge on any atom is -0.394 e. The second kappa shape index (κ2) is 8.09. The van der Waals surface area contributed by atoms with E-state index in [1.807, 2.05) is 28.6 Å². The molecule has 0 amide bonds. The number of benzene rings is 1. The molecule has 0 radical (unpaired) electrons. The van der Waals surface area contributed by atoms with Gasteiger partial charge in [0.2, 0.25) is 0 Å². The number of aromatic nitrogens is 4. The van der Waals surface area contributed by atoms with E-state index in [0.29, 0.717) is 6.54 Å². The molecule has 6 heteroatoms. The first-order chi connectivity index (χ1) is 12.2. The monoisotopic (exact) mass is 339 g/mol. The zero-order chi connectivity index (χ0) is 17.6. The molecular formula is C19H25N5O.